The number of rotatable bonds is 7. The first kappa shape index (κ1) is 20.3. The van der Waals surface area contributed by atoms with Crippen LogP contribution in [0.2, 0.25) is 0 Å². The monoisotopic (exact) mass is 417 g/mol. The van der Waals surface area contributed by atoms with Gasteiger partial charge in [-0.3, -0.25) is 4.99 Å². The third-order valence-electron chi connectivity index (χ3n) is 3.25. The van der Waals surface area contributed by atoms with Crippen molar-refractivity contribution in [1.29, 1.82) is 0 Å². The predicted molar refractivity (Wildman–Crippen MR) is 97.6 cm³/mol. The Labute approximate surface area is 144 Å². The fourth-order valence-electron chi connectivity index (χ4n) is 2.16. The van der Waals surface area contributed by atoms with Crippen LogP contribution in [0.25, 0.3) is 0 Å². The van der Waals surface area contributed by atoms with Crippen LogP contribution in [0.15, 0.2) is 4.99 Å². The first-order valence-electron chi connectivity index (χ1n) is 6.91. The van der Waals surface area contributed by atoms with Crippen molar-refractivity contribution >= 4 is 41.7 Å². The van der Waals surface area contributed by atoms with E-state index in [1.807, 2.05) is 11.8 Å². The molecule has 1 rings (SSSR count). The molecule has 0 aromatic heterocycles. The van der Waals surface area contributed by atoms with Crippen molar-refractivity contribution in [2.24, 2.45) is 4.99 Å². The van der Waals surface area contributed by atoms with E-state index in [0.29, 0.717) is 6.61 Å². The first-order valence-corrected chi connectivity index (χ1v) is 7.90. The Morgan fingerprint density at radius 3 is 2.60 bits per heavy atom. The van der Waals surface area contributed by atoms with Gasteiger partial charge in [0.05, 0.1) is 6.61 Å². The van der Waals surface area contributed by atoms with Crippen LogP contribution in [-0.4, -0.2) is 63.5 Å². The van der Waals surface area contributed by atoms with E-state index >= 15 is 0 Å². The molecule has 1 heterocycles. The van der Waals surface area contributed by atoms with Crippen molar-refractivity contribution in [3.8, 4) is 0 Å². The molecular weight excluding hydrogens is 389 g/mol. The quantitative estimate of drug-likeness (QED) is 0.286. The summed E-state index contributed by atoms with van der Waals surface area (Å²) >= 11 is 2.03. The Morgan fingerprint density at radius 2 is 2.05 bits per heavy atom. The van der Waals surface area contributed by atoms with Crippen LogP contribution in [-0.2, 0) is 9.47 Å². The minimum Gasteiger partial charge on any atom is -0.383 e. The highest BCUT2D eigenvalue weighted by molar-refractivity contribution is 14.0. The lowest BCUT2D eigenvalue weighted by molar-refractivity contribution is 0.0782. The highest BCUT2D eigenvalue weighted by Crippen LogP contribution is 2.34. The molecule has 1 aliphatic heterocycles. The number of aliphatic imine (C=N–C) groups is 1. The van der Waals surface area contributed by atoms with E-state index < -0.39 is 0 Å². The van der Waals surface area contributed by atoms with E-state index in [1.54, 1.807) is 14.2 Å². The lowest BCUT2D eigenvalue weighted by Gasteiger charge is -2.37. The maximum absolute atomic E-state index is 5.48. The third kappa shape index (κ3) is 7.33. The number of halogens is 1. The number of hydrogen-bond acceptors (Lipinski definition) is 4. The molecule has 0 atom stereocenters. The zero-order chi connectivity index (χ0) is 14.0. The topological polar surface area (TPSA) is 54.9 Å². The molecule has 0 amide bonds. The van der Waals surface area contributed by atoms with Gasteiger partial charge in [-0.05, 0) is 18.6 Å². The van der Waals surface area contributed by atoms with E-state index in [2.05, 4.69) is 22.5 Å². The van der Waals surface area contributed by atoms with Gasteiger partial charge in [0, 0.05) is 45.2 Å². The minimum atomic E-state index is 0. The summed E-state index contributed by atoms with van der Waals surface area (Å²) in [6.45, 7) is 6.33. The summed E-state index contributed by atoms with van der Waals surface area (Å²) in [6, 6.07) is 0. The second kappa shape index (κ2) is 11.9. The highest BCUT2D eigenvalue weighted by Gasteiger charge is 2.32. The summed E-state index contributed by atoms with van der Waals surface area (Å²) in [5.41, 5.74) is 0. The number of hydrogen-bond donors (Lipinski definition) is 2. The third-order valence-corrected chi connectivity index (χ3v) is 4.71. The van der Waals surface area contributed by atoms with Crippen LogP contribution in [0.5, 0.6) is 0 Å². The molecule has 0 aliphatic carbocycles. The van der Waals surface area contributed by atoms with E-state index in [4.69, 9.17) is 9.47 Å². The number of methoxy groups -OCH3 is 1. The van der Waals surface area contributed by atoms with Crippen molar-refractivity contribution in [2.45, 2.75) is 24.5 Å². The van der Waals surface area contributed by atoms with Crippen molar-refractivity contribution in [2.75, 3.05) is 52.8 Å². The molecule has 20 heavy (non-hydrogen) atoms. The molecule has 0 saturated carbocycles. The summed E-state index contributed by atoms with van der Waals surface area (Å²) < 4.78 is 10.8. The first-order chi connectivity index (χ1) is 9.26. The molecule has 5 nitrogen and oxygen atoms in total. The molecule has 0 bridgehead atoms. The van der Waals surface area contributed by atoms with Gasteiger partial charge in [-0.15, -0.1) is 24.0 Å². The molecule has 1 saturated heterocycles. The lowest BCUT2D eigenvalue weighted by Crippen LogP contribution is -2.48. The number of nitrogens with one attached hydrogen (secondary N) is 2. The largest absolute Gasteiger partial charge is 0.383 e. The number of thioether (sulfide) groups is 1. The van der Waals surface area contributed by atoms with Crippen molar-refractivity contribution in [3.63, 3.8) is 0 Å². The van der Waals surface area contributed by atoms with Crippen LogP contribution < -0.4 is 10.6 Å². The van der Waals surface area contributed by atoms with Gasteiger partial charge < -0.3 is 20.1 Å². The average Bonchev–Trinajstić information content (AvgIpc) is 2.44. The van der Waals surface area contributed by atoms with E-state index in [0.717, 1.165) is 50.9 Å². The fraction of sp³-hybridized carbons (Fsp3) is 0.923. The molecule has 7 heteroatoms. The normalized spacial score (nSPS) is 18.2. The van der Waals surface area contributed by atoms with E-state index in [1.165, 1.54) is 0 Å². The second-order valence-corrected chi connectivity index (χ2v) is 6.31. The average molecular weight is 417 g/mol. The molecule has 0 aromatic rings. The zero-order valence-electron chi connectivity index (χ0n) is 12.7. The Bertz CT molecular complexity index is 269. The SMILES string of the molecule is CCSC1(CNC(=NC)NCCOC)CCOCC1.I. The van der Waals surface area contributed by atoms with Gasteiger partial charge >= 0.3 is 0 Å². The minimum absolute atomic E-state index is 0. The summed E-state index contributed by atoms with van der Waals surface area (Å²) in [7, 11) is 3.50. The molecule has 0 spiro atoms. The fourth-order valence-corrected chi connectivity index (χ4v) is 3.40. The maximum atomic E-state index is 5.48. The predicted octanol–water partition coefficient (Wildman–Crippen LogP) is 1.72. The standard InChI is InChI=1S/C13H27N3O2S.HI/c1-4-19-13(5-8-18-9-6-13)11-16-12(14-2)15-7-10-17-3;/h4-11H2,1-3H3,(H2,14,15,16);1H. The van der Waals surface area contributed by atoms with Gasteiger partial charge in [-0.2, -0.15) is 11.8 Å². The van der Waals surface area contributed by atoms with Crippen LogP contribution >= 0.6 is 35.7 Å². The lowest BCUT2D eigenvalue weighted by atomic mass is 9.99. The zero-order valence-corrected chi connectivity index (χ0v) is 15.9. The van der Waals surface area contributed by atoms with Gasteiger partial charge in [-0.25, -0.2) is 0 Å². The molecule has 1 fully saturated rings. The number of nitrogens with zero attached hydrogens (tertiary/aromatic N) is 1. The second-order valence-electron chi connectivity index (χ2n) is 4.57. The van der Waals surface area contributed by atoms with Gasteiger partial charge in [-0.1, -0.05) is 6.92 Å². The maximum Gasteiger partial charge on any atom is 0.191 e. The van der Waals surface area contributed by atoms with Crippen molar-refractivity contribution < 1.29 is 9.47 Å². The Hall–Kier alpha value is 0.270. The van der Waals surface area contributed by atoms with E-state index in [-0.39, 0.29) is 28.7 Å². The molecule has 0 radical (unpaired) electrons. The van der Waals surface area contributed by atoms with Gasteiger partial charge in [0.15, 0.2) is 5.96 Å². The molecular formula is C13H28IN3O2S. The van der Waals surface area contributed by atoms with E-state index in [9.17, 15) is 0 Å². The Balaban J connectivity index is 0.00000361. The molecule has 1 aliphatic rings. The van der Waals surface area contributed by atoms with Gasteiger partial charge in [0.25, 0.3) is 0 Å². The van der Waals surface area contributed by atoms with Crippen LogP contribution in [0, 0.1) is 0 Å². The highest BCUT2D eigenvalue weighted by atomic mass is 127. The number of guanidine groups is 1. The molecule has 2 N–H and O–H groups in total. The van der Waals surface area contributed by atoms with Crippen LogP contribution in [0.3, 0.4) is 0 Å². The summed E-state index contributed by atoms with van der Waals surface area (Å²) in [5, 5.41) is 6.67. The van der Waals surface area contributed by atoms with Crippen molar-refractivity contribution in [1.82, 2.24) is 10.6 Å². The Morgan fingerprint density at radius 1 is 1.35 bits per heavy atom. The van der Waals surface area contributed by atoms with Gasteiger partial charge in [0.1, 0.15) is 0 Å². The Kier molecular flexibility index (Phi) is 12.0. The summed E-state index contributed by atoms with van der Waals surface area (Å²) in [4.78, 5) is 4.23. The summed E-state index contributed by atoms with van der Waals surface area (Å²) in [6.07, 6.45) is 2.21. The number of ether oxygens (including phenoxy) is 2. The van der Waals surface area contributed by atoms with Crippen LogP contribution in [0.4, 0.5) is 0 Å². The smallest absolute Gasteiger partial charge is 0.191 e. The summed E-state index contributed by atoms with van der Waals surface area (Å²) in [5.74, 6) is 1.98. The molecule has 120 valence electrons. The molecule has 0 aromatic carbocycles. The van der Waals surface area contributed by atoms with Crippen LogP contribution in [0.1, 0.15) is 19.8 Å². The molecule has 0 unspecified atom stereocenters. The van der Waals surface area contributed by atoms with Crippen molar-refractivity contribution in [3.05, 3.63) is 0 Å². The van der Waals surface area contributed by atoms with Gasteiger partial charge in [0.2, 0.25) is 0 Å².